The molecular weight excluding hydrogens is 447 g/mol. The number of hydrogen-bond acceptors (Lipinski definition) is 6. The van der Waals surface area contributed by atoms with Gasteiger partial charge in [-0.15, -0.1) is 0 Å². The third kappa shape index (κ3) is 7.39. The zero-order chi connectivity index (χ0) is 23.0. The van der Waals surface area contributed by atoms with Crippen molar-refractivity contribution in [2.75, 3.05) is 36.4 Å². The Morgan fingerprint density at radius 1 is 1.03 bits per heavy atom. The Hall–Kier alpha value is -2.88. The van der Waals surface area contributed by atoms with E-state index in [2.05, 4.69) is 20.1 Å². The van der Waals surface area contributed by atoms with Gasteiger partial charge < -0.3 is 20.4 Å². The number of aliphatic carboxylic acids is 2. The number of nitrogens with zero attached hydrogens (tertiary/aromatic N) is 3. The Balaban J connectivity index is 0.000000501. The average Bonchev–Trinajstić information content (AvgIpc) is 2.76. The normalized spacial score (nSPS) is 14.7. The first-order valence-corrected chi connectivity index (χ1v) is 10.1. The number of carbonyl (C=O) groups excluding carboxylic acids is 1. The van der Waals surface area contributed by atoms with Crippen LogP contribution in [0.5, 0.6) is 0 Å². The molecule has 0 saturated carbocycles. The summed E-state index contributed by atoms with van der Waals surface area (Å²) in [7, 11) is 0. The van der Waals surface area contributed by atoms with Crippen LogP contribution in [0.25, 0.3) is 0 Å². The molecule has 11 heteroatoms. The molecule has 0 spiro atoms. The number of nitrogens with one attached hydrogen (secondary N) is 1. The first-order chi connectivity index (χ1) is 14.7. The van der Waals surface area contributed by atoms with Crippen LogP contribution in [0.2, 0.25) is 10.0 Å². The zero-order valence-electron chi connectivity index (χ0n) is 16.7. The lowest BCUT2D eigenvalue weighted by Crippen LogP contribution is -2.53. The van der Waals surface area contributed by atoms with Crippen molar-refractivity contribution in [3.8, 4) is 0 Å². The highest BCUT2D eigenvalue weighted by molar-refractivity contribution is 6.36. The first kappa shape index (κ1) is 24.4. The minimum atomic E-state index is -1.82. The summed E-state index contributed by atoms with van der Waals surface area (Å²) in [6.07, 6.45) is 1.80. The number of anilines is 2. The van der Waals surface area contributed by atoms with Gasteiger partial charge in [-0.1, -0.05) is 29.3 Å². The van der Waals surface area contributed by atoms with Crippen LogP contribution >= 0.6 is 23.2 Å². The topological polar surface area (TPSA) is 123 Å². The van der Waals surface area contributed by atoms with Crippen LogP contribution < -0.4 is 10.2 Å². The van der Waals surface area contributed by atoms with E-state index in [0.29, 0.717) is 15.7 Å². The second-order valence-electron chi connectivity index (χ2n) is 6.61. The van der Waals surface area contributed by atoms with E-state index in [0.717, 1.165) is 32.0 Å². The third-order valence-corrected chi connectivity index (χ3v) is 5.13. The van der Waals surface area contributed by atoms with Crippen molar-refractivity contribution in [3.05, 3.63) is 52.6 Å². The molecule has 0 radical (unpaired) electrons. The van der Waals surface area contributed by atoms with Crippen LogP contribution in [-0.2, 0) is 14.4 Å². The fourth-order valence-corrected chi connectivity index (χ4v) is 3.33. The summed E-state index contributed by atoms with van der Waals surface area (Å²) in [6, 6.07) is 10.7. The van der Waals surface area contributed by atoms with Gasteiger partial charge in [-0.25, -0.2) is 14.6 Å². The van der Waals surface area contributed by atoms with Gasteiger partial charge in [0.05, 0.1) is 16.8 Å². The Morgan fingerprint density at radius 3 is 2.19 bits per heavy atom. The molecular formula is C20H22Cl2N4O5. The van der Waals surface area contributed by atoms with Crippen LogP contribution in [0.1, 0.15) is 6.92 Å². The number of halogens is 2. The van der Waals surface area contributed by atoms with Gasteiger partial charge in [0.25, 0.3) is 0 Å². The summed E-state index contributed by atoms with van der Waals surface area (Å²) in [6.45, 7) is 5.21. The monoisotopic (exact) mass is 468 g/mol. The molecule has 1 amide bonds. The van der Waals surface area contributed by atoms with Crippen LogP contribution in [0.15, 0.2) is 42.6 Å². The van der Waals surface area contributed by atoms with Gasteiger partial charge in [0.15, 0.2) is 0 Å². The van der Waals surface area contributed by atoms with Crippen molar-refractivity contribution in [1.29, 1.82) is 0 Å². The maximum absolute atomic E-state index is 12.5. The van der Waals surface area contributed by atoms with Crippen molar-refractivity contribution < 1.29 is 24.6 Å². The summed E-state index contributed by atoms with van der Waals surface area (Å²) in [4.78, 5) is 39.5. The van der Waals surface area contributed by atoms with Crippen molar-refractivity contribution in [2.24, 2.45) is 0 Å². The molecule has 166 valence electrons. The van der Waals surface area contributed by atoms with Crippen LogP contribution in [0.3, 0.4) is 0 Å². The molecule has 1 aliphatic rings. The highest BCUT2D eigenvalue weighted by atomic mass is 35.5. The Morgan fingerprint density at radius 2 is 1.68 bits per heavy atom. The summed E-state index contributed by atoms with van der Waals surface area (Å²) >= 11 is 12.0. The van der Waals surface area contributed by atoms with Crippen LogP contribution in [-0.4, -0.2) is 70.2 Å². The van der Waals surface area contributed by atoms with Crippen molar-refractivity contribution in [2.45, 2.75) is 13.0 Å². The Bertz CT molecular complexity index is 909. The fourth-order valence-electron chi connectivity index (χ4n) is 2.87. The van der Waals surface area contributed by atoms with Gasteiger partial charge in [-0.05, 0) is 37.3 Å². The van der Waals surface area contributed by atoms with Crippen LogP contribution in [0, 0.1) is 0 Å². The van der Waals surface area contributed by atoms with Gasteiger partial charge in [0.1, 0.15) is 5.82 Å². The predicted molar refractivity (Wildman–Crippen MR) is 118 cm³/mol. The quantitative estimate of drug-likeness (QED) is 0.585. The van der Waals surface area contributed by atoms with Crippen molar-refractivity contribution in [3.63, 3.8) is 0 Å². The molecule has 0 aliphatic carbocycles. The van der Waals surface area contributed by atoms with E-state index in [9.17, 15) is 4.79 Å². The van der Waals surface area contributed by atoms with Crippen molar-refractivity contribution in [1.82, 2.24) is 9.88 Å². The number of carboxylic acid groups (broad SMARTS) is 2. The van der Waals surface area contributed by atoms with Gasteiger partial charge in [-0.3, -0.25) is 9.69 Å². The molecule has 2 aromatic rings. The largest absolute Gasteiger partial charge is 0.473 e. The van der Waals surface area contributed by atoms with E-state index in [-0.39, 0.29) is 11.9 Å². The standard InChI is InChI=1S/C18H20Cl2N4O.C2H2O4/c1-13(18(25)22-16-6-5-14(19)12-15(16)20)23-8-10-24(11-9-23)17-4-2-3-7-21-17;3-1(4)2(5)6/h2-7,12-13H,8-11H2,1H3,(H,22,25);(H,3,4)(H,5,6). The maximum Gasteiger partial charge on any atom is 0.414 e. The molecule has 1 saturated heterocycles. The van der Waals surface area contributed by atoms with E-state index in [1.807, 2.05) is 25.1 Å². The lowest BCUT2D eigenvalue weighted by Gasteiger charge is -2.37. The number of amides is 1. The SMILES string of the molecule is CC(C(=O)Nc1ccc(Cl)cc1Cl)N1CCN(c2ccccn2)CC1.O=C(O)C(=O)O. The number of rotatable bonds is 4. The average molecular weight is 469 g/mol. The number of aromatic nitrogens is 1. The van der Waals surface area contributed by atoms with E-state index in [1.54, 1.807) is 24.4 Å². The number of carbonyl (C=O) groups is 3. The minimum absolute atomic E-state index is 0.0736. The minimum Gasteiger partial charge on any atom is -0.473 e. The summed E-state index contributed by atoms with van der Waals surface area (Å²) in [5.74, 6) is -2.74. The molecule has 1 unspecified atom stereocenters. The number of hydrogen-bond donors (Lipinski definition) is 3. The van der Waals surface area contributed by atoms with E-state index >= 15 is 0 Å². The smallest absolute Gasteiger partial charge is 0.414 e. The molecule has 9 nitrogen and oxygen atoms in total. The zero-order valence-corrected chi connectivity index (χ0v) is 18.2. The van der Waals surface area contributed by atoms with Gasteiger partial charge in [0.2, 0.25) is 5.91 Å². The lowest BCUT2D eigenvalue weighted by atomic mass is 10.2. The summed E-state index contributed by atoms with van der Waals surface area (Å²) in [5.41, 5.74) is 0.579. The number of piperazine rings is 1. The highest BCUT2D eigenvalue weighted by Gasteiger charge is 2.26. The van der Waals surface area contributed by atoms with Gasteiger partial charge >= 0.3 is 11.9 Å². The molecule has 0 bridgehead atoms. The molecule has 1 aliphatic heterocycles. The fraction of sp³-hybridized carbons (Fsp3) is 0.300. The van der Waals surface area contributed by atoms with Gasteiger partial charge in [-0.2, -0.15) is 0 Å². The van der Waals surface area contributed by atoms with E-state index < -0.39 is 11.9 Å². The Kier molecular flexibility index (Phi) is 9.04. The predicted octanol–water partition coefficient (Wildman–Crippen LogP) is 2.69. The molecule has 3 N–H and O–H groups in total. The highest BCUT2D eigenvalue weighted by Crippen LogP contribution is 2.25. The molecule has 3 rings (SSSR count). The van der Waals surface area contributed by atoms with E-state index in [4.69, 9.17) is 43.0 Å². The summed E-state index contributed by atoms with van der Waals surface area (Å²) < 4.78 is 0. The molecule has 31 heavy (non-hydrogen) atoms. The van der Waals surface area contributed by atoms with Gasteiger partial charge in [0, 0.05) is 37.4 Å². The second-order valence-corrected chi connectivity index (χ2v) is 7.45. The molecule has 1 aromatic heterocycles. The molecule has 1 aromatic carbocycles. The van der Waals surface area contributed by atoms with Crippen molar-refractivity contribution >= 4 is 52.6 Å². The van der Waals surface area contributed by atoms with Crippen LogP contribution in [0.4, 0.5) is 11.5 Å². The lowest BCUT2D eigenvalue weighted by molar-refractivity contribution is -0.159. The third-order valence-electron chi connectivity index (χ3n) is 4.59. The molecule has 1 atom stereocenters. The van der Waals surface area contributed by atoms with E-state index in [1.165, 1.54) is 0 Å². The second kappa shape index (κ2) is 11.5. The maximum atomic E-state index is 12.5. The summed E-state index contributed by atoms with van der Waals surface area (Å²) in [5, 5.41) is 18.6. The molecule has 1 fully saturated rings. The molecule has 2 heterocycles. The number of pyridine rings is 1. The first-order valence-electron chi connectivity index (χ1n) is 9.31. The Labute approximate surface area is 189 Å². The number of carboxylic acids is 2. The number of benzene rings is 1.